The first-order valence-corrected chi connectivity index (χ1v) is 9.22. The van der Waals surface area contributed by atoms with Gasteiger partial charge in [0.05, 0.1) is 33.6 Å². The minimum atomic E-state index is -0.311. The number of tetrazole rings is 1. The number of carbonyl (C=O) groups is 1. The zero-order valence-corrected chi connectivity index (χ0v) is 17.4. The molecule has 0 radical (unpaired) electrons. The number of hydrogen-bond acceptors (Lipinski definition) is 7. The van der Waals surface area contributed by atoms with Gasteiger partial charge in [-0.2, -0.15) is 4.68 Å². The number of nitrogens with one attached hydrogen (secondary N) is 1. The van der Waals surface area contributed by atoms with Crippen LogP contribution in [0.2, 0.25) is 5.02 Å². The summed E-state index contributed by atoms with van der Waals surface area (Å²) in [7, 11) is 4.59. The third-order valence-electron chi connectivity index (χ3n) is 4.14. The second-order valence-electron chi connectivity index (χ2n) is 5.99. The summed E-state index contributed by atoms with van der Waals surface area (Å²) < 4.78 is 17.4. The number of aromatic nitrogens is 4. The van der Waals surface area contributed by atoms with Crippen LogP contribution in [0.15, 0.2) is 42.5 Å². The van der Waals surface area contributed by atoms with Gasteiger partial charge in [0.1, 0.15) is 0 Å². The molecule has 1 heterocycles. The molecule has 0 aliphatic heterocycles. The molecule has 0 atom stereocenters. The van der Waals surface area contributed by atoms with Gasteiger partial charge in [0.2, 0.25) is 11.7 Å². The van der Waals surface area contributed by atoms with E-state index in [9.17, 15) is 4.79 Å². The van der Waals surface area contributed by atoms with E-state index < -0.39 is 0 Å². The standard InChI is InChI=1S/C20H20ClN5O4/c1-28-16-10-13(11-17(29-2)20(16)30-3)4-9-19(27)22-12-18-23-24-25-26(18)15-7-5-14(21)6-8-15/h4-11H,12H2,1-3H3,(H,22,27)/b9-4+. The summed E-state index contributed by atoms with van der Waals surface area (Å²) in [5, 5.41) is 14.9. The van der Waals surface area contributed by atoms with Crippen LogP contribution in [0.3, 0.4) is 0 Å². The van der Waals surface area contributed by atoms with Crippen molar-refractivity contribution >= 4 is 23.6 Å². The Morgan fingerprint density at radius 3 is 2.37 bits per heavy atom. The summed E-state index contributed by atoms with van der Waals surface area (Å²) >= 11 is 5.91. The predicted molar refractivity (Wildman–Crippen MR) is 111 cm³/mol. The molecule has 3 rings (SSSR count). The Hall–Kier alpha value is -3.59. The number of carbonyl (C=O) groups excluding carboxylic acids is 1. The summed E-state index contributed by atoms with van der Waals surface area (Å²) in [6.07, 6.45) is 3.04. The predicted octanol–water partition coefficient (Wildman–Crippen LogP) is 2.67. The first-order chi connectivity index (χ1) is 14.5. The van der Waals surface area contributed by atoms with Crippen LogP contribution in [0.1, 0.15) is 11.4 Å². The Labute approximate surface area is 178 Å². The lowest BCUT2D eigenvalue weighted by Crippen LogP contribution is -2.22. The van der Waals surface area contributed by atoms with Crippen molar-refractivity contribution < 1.29 is 19.0 Å². The highest BCUT2D eigenvalue weighted by molar-refractivity contribution is 6.30. The molecule has 0 aliphatic carbocycles. The van der Waals surface area contributed by atoms with Crippen molar-refractivity contribution in [1.82, 2.24) is 25.5 Å². The van der Waals surface area contributed by atoms with E-state index in [0.717, 1.165) is 5.69 Å². The van der Waals surface area contributed by atoms with Gasteiger partial charge in [-0.3, -0.25) is 4.79 Å². The van der Waals surface area contributed by atoms with Crippen LogP contribution in [-0.4, -0.2) is 47.4 Å². The van der Waals surface area contributed by atoms with E-state index in [4.69, 9.17) is 25.8 Å². The van der Waals surface area contributed by atoms with Crippen LogP contribution in [0.25, 0.3) is 11.8 Å². The minimum absolute atomic E-state index is 0.147. The zero-order chi connectivity index (χ0) is 21.5. The van der Waals surface area contributed by atoms with Gasteiger partial charge in [-0.1, -0.05) is 11.6 Å². The van der Waals surface area contributed by atoms with Gasteiger partial charge >= 0.3 is 0 Å². The van der Waals surface area contributed by atoms with Crippen molar-refractivity contribution in [2.75, 3.05) is 21.3 Å². The highest BCUT2D eigenvalue weighted by atomic mass is 35.5. The average molecular weight is 430 g/mol. The van der Waals surface area contributed by atoms with Crippen LogP contribution in [0.4, 0.5) is 0 Å². The molecule has 0 aliphatic rings. The molecule has 10 heteroatoms. The molecule has 1 N–H and O–H groups in total. The molecule has 1 aromatic heterocycles. The molecule has 9 nitrogen and oxygen atoms in total. The van der Waals surface area contributed by atoms with Crippen LogP contribution in [0, 0.1) is 0 Å². The molecule has 0 unspecified atom stereocenters. The summed E-state index contributed by atoms with van der Waals surface area (Å²) in [6.45, 7) is 0.147. The molecule has 0 spiro atoms. The quantitative estimate of drug-likeness (QED) is 0.549. The fraction of sp³-hybridized carbons (Fsp3) is 0.200. The van der Waals surface area contributed by atoms with E-state index in [0.29, 0.717) is 33.7 Å². The lowest BCUT2D eigenvalue weighted by atomic mass is 10.1. The van der Waals surface area contributed by atoms with Gasteiger partial charge in [0.25, 0.3) is 0 Å². The van der Waals surface area contributed by atoms with Crippen molar-refractivity contribution in [2.24, 2.45) is 0 Å². The number of methoxy groups -OCH3 is 3. The monoisotopic (exact) mass is 429 g/mol. The Morgan fingerprint density at radius 1 is 1.10 bits per heavy atom. The van der Waals surface area contributed by atoms with Crippen LogP contribution in [-0.2, 0) is 11.3 Å². The Balaban J connectivity index is 1.68. The van der Waals surface area contributed by atoms with Gasteiger partial charge in [-0.25, -0.2) is 0 Å². The fourth-order valence-electron chi connectivity index (χ4n) is 2.69. The van der Waals surface area contributed by atoms with E-state index in [2.05, 4.69) is 20.8 Å². The van der Waals surface area contributed by atoms with Crippen molar-refractivity contribution in [3.8, 4) is 22.9 Å². The number of amides is 1. The minimum Gasteiger partial charge on any atom is -0.493 e. The zero-order valence-electron chi connectivity index (χ0n) is 16.6. The van der Waals surface area contributed by atoms with Gasteiger partial charge in [0.15, 0.2) is 17.3 Å². The van der Waals surface area contributed by atoms with Crippen LogP contribution in [0.5, 0.6) is 17.2 Å². The molecule has 30 heavy (non-hydrogen) atoms. The molecule has 0 fully saturated rings. The Morgan fingerprint density at radius 2 is 1.77 bits per heavy atom. The molecule has 156 valence electrons. The van der Waals surface area contributed by atoms with Crippen LogP contribution < -0.4 is 19.5 Å². The van der Waals surface area contributed by atoms with E-state index in [1.807, 2.05) is 0 Å². The molecular formula is C20H20ClN5O4. The molecule has 3 aromatic rings. The SMILES string of the molecule is COc1cc(/C=C/C(=O)NCc2nnnn2-c2ccc(Cl)cc2)cc(OC)c1OC. The molecular weight excluding hydrogens is 410 g/mol. The first kappa shape index (κ1) is 21.1. The smallest absolute Gasteiger partial charge is 0.244 e. The fourth-order valence-corrected chi connectivity index (χ4v) is 2.82. The van der Waals surface area contributed by atoms with Gasteiger partial charge in [-0.05, 0) is 58.5 Å². The van der Waals surface area contributed by atoms with Crippen molar-refractivity contribution in [1.29, 1.82) is 0 Å². The number of rotatable bonds is 8. The van der Waals surface area contributed by atoms with Gasteiger partial charge < -0.3 is 19.5 Å². The molecule has 2 aromatic carbocycles. The van der Waals surface area contributed by atoms with Crippen molar-refractivity contribution in [3.63, 3.8) is 0 Å². The maximum atomic E-state index is 12.3. The maximum absolute atomic E-state index is 12.3. The largest absolute Gasteiger partial charge is 0.493 e. The number of ether oxygens (including phenoxy) is 3. The topological polar surface area (TPSA) is 100 Å². The summed E-state index contributed by atoms with van der Waals surface area (Å²) in [5.41, 5.74) is 1.45. The summed E-state index contributed by atoms with van der Waals surface area (Å²) in [6, 6.07) is 10.5. The Kier molecular flexibility index (Phi) is 6.87. The summed E-state index contributed by atoms with van der Waals surface area (Å²) in [5.74, 6) is 1.65. The third-order valence-corrected chi connectivity index (χ3v) is 4.39. The number of halogens is 1. The van der Waals surface area contributed by atoms with Gasteiger partial charge in [0, 0.05) is 11.1 Å². The van der Waals surface area contributed by atoms with E-state index in [1.165, 1.54) is 32.1 Å². The molecule has 0 bridgehead atoms. The normalized spacial score (nSPS) is 10.8. The number of benzene rings is 2. The highest BCUT2D eigenvalue weighted by Crippen LogP contribution is 2.38. The van der Waals surface area contributed by atoms with Crippen molar-refractivity contribution in [3.05, 3.63) is 58.9 Å². The second-order valence-corrected chi connectivity index (χ2v) is 6.43. The second kappa shape index (κ2) is 9.75. The lowest BCUT2D eigenvalue weighted by molar-refractivity contribution is -0.116. The Bertz CT molecular complexity index is 1020. The first-order valence-electron chi connectivity index (χ1n) is 8.84. The molecule has 0 saturated heterocycles. The van der Waals surface area contributed by atoms with E-state index >= 15 is 0 Å². The number of nitrogens with zero attached hydrogens (tertiary/aromatic N) is 4. The number of hydrogen-bond donors (Lipinski definition) is 1. The lowest BCUT2D eigenvalue weighted by Gasteiger charge is -2.12. The molecule has 0 saturated carbocycles. The molecule has 1 amide bonds. The third kappa shape index (κ3) is 4.87. The average Bonchev–Trinajstić information content (AvgIpc) is 3.24. The van der Waals surface area contributed by atoms with Gasteiger partial charge in [-0.15, -0.1) is 5.10 Å². The van der Waals surface area contributed by atoms with Crippen LogP contribution >= 0.6 is 11.6 Å². The van der Waals surface area contributed by atoms with E-state index in [1.54, 1.807) is 42.5 Å². The van der Waals surface area contributed by atoms with E-state index in [-0.39, 0.29) is 12.5 Å². The maximum Gasteiger partial charge on any atom is 0.244 e. The summed E-state index contributed by atoms with van der Waals surface area (Å²) in [4.78, 5) is 12.3. The van der Waals surface area contributed by atoms with Crippen molar-refractivity contribution in [2.45, 2.75) is 6.54 Å². The highest BCUT2D eigenvalue weighted by Gasteiger charge is 2.12.